The minimum absolute atomic E-state index is 0.494. The van der Waals surface area contributed by atoms with Gasteiger partial charge in [-0.25, -0.2) is 4.98 Å². The van der Waals surface area contributed by atoms with Gasteiger partial charge >= 0.3 is 5.97 Å². The summed E-state index contributed by atoms with van der Waals surface area (Å²) in [5.74, 6) is -0.281. The highest BCUT2D eigenvalue weighted by Crippen LogP contribution is 2.41. The number of thiazole rings is 1. The van der Waals surface area contributed by atoms with Crippen LogP contribution in [-0.4, -0.2) is 16.1 Å². The molecule has 3 rings (SSSR count). The zero-order valence-corrected chi connectivity index (χ0v) is 12.8. The quantitative estimate of drug-likeness (QED) is 0.853. The van der Waals surface area contributed by atoms with Gasteiger partial charge in [-0.15, -0.1) is 11.3 Å². The first-order valence-corrected chi connectivity index (χ1v) is 7.99. The van der Waals surface area contributed by atoms with Crippen molar-refractivity contribution in [1.82, 2.24) is 10.3 Å². The normalized spacial score (nSPS) is 15.9. The molecule has 1 heterocycles. The summed E-state index contributed by atoms with van der Waals surface area (Å²) in [6.07, 6.45) is 4.28. The average Bonchev–Trinajstić information content (AvgIpc) is 3.19. The van der Waals surface area contributed by atoms with Crippen LogP contribution in [0.1, 0.15) is 40.2 Å². The Kier molecular flexibility index (Phi) is 4.24. The number of aliphatic carboxylic acids is 1. The van der Waals surface area contributed by atoms with Crippen molar-refractivity contribution in [3.8, 4) is 0 Å². The van der Waals surface area contributed by atoms with Crippen molar-refractivity contribution in [2.24, 2.45) is 0 Å². The lowest BCUT2D eigenvalue weighted by Crippen LogP contribution is -2.27. The van der Waals surface area contributed by atoms with Crippen LogP contribution in [0.5, 0.6) is 0 Å². The molecule has 21 heavy (non-hydrogen) atoms. The van der Waals surface area contributed by atoms with Crippen molar-refractivity contribution >= 4 is 28.9 Å². The number of aromatic nitrogens is 1. The Bertz CT molecular complexity index is 655. The van der Waals surface area contributed by atoms with E-state index in [1.54, 1.807) is 35.6 Å². The van der Waals surface area contributed by atoms with Crippen LogP contribution in [0.15, 0.2) is 30.5 Å². The number of hydrogen-bond acceptors (Lipinski definition) is 4. The fourth-order valence-electron chi connectivity index (χ4n) is 2.16. The molecule has 1 aromatic carbocycles. The van der Waals surface area contributed by atoms with Gasteiger partial charge in [0, 0.05) is 28.6 Å². The van der Waals surface area contributed by atoms with Gasteiger partial charge in [0.15, 0.2) is 0 Å². The first-order valence-electron chi connectivity index (χ1n) is 6.80. The number of nitrogens with zero attached hydrogens (tertiary/aromatic N) is 1. The summed E-state index contributed by atoms with van der Waals surface area (Å²) in [5, 5.41) is 14.1. The van der Waals surface area contributed by atoms with E-state index in [2.05, 4.69) is 10.3 Å². The van der Waals surface area contributed by atoms with Crippen molar-refractivity contribution in [3.63, 3.8) is 0 Å². The average molecular weight is 323 g/mol. The molecule has 1 atom stereocenters. The fraction of sp³-hybridized carbons (Fsp3) is 0.333. The maximum absolute atomic E-state index is 11.4. The molecule has 0 radical (unpaired) electrons. The molecule has 0 bridgehead atoms. The smallest absolute Gasteiger partial charge is 0.325 e. The van der Waals surface area contributed by atoms with Crippen molar-refractivity contribution in [3.05, 3.63) is 50.9 Å². The van der Waals surface area contributed by atoms with E-state index >= 15 is 0 Å². The molecule has 0 spiro atoms. The molecule has 6 heteroatoms. The summed E-state index contributed by atoms with van der Waals surface area (Å²) in [6.45, 7) is 0.494. The van der Waals surface area contributed by atoms with Crippen molar-refractivity contribution in [2.75, 3.05) is 0 Å². The van der Waals surface area contributed by atoms with Gasteiger partial charge in [0.05, 0.1) is 5.01 Å². The first-order chi connectivity index (χ1) is 10.1. The number of carboxylic acids is 1. The Labute approximate surface area is 131 Å². The topological polar surface area (TPSA) is 62.2 Å². The molecule has 0 saturated heterocycles. The minimum Gasteiger partial charge on any atom is -0.480 e. The number of halogens is 1. The van der Waals surface area contributed by atoms with E-state index in [0.717, 1.165) is 4.88 Å². The highest BCUT2D eigenvalue weighted by atomic mass is 35.5. The highest BCUT2D eigenvalue weighted by molar-refractivity contribution is 7.11. The van der Waals surface area contributed by atoms with Gasteiger partial charge in [-0.1, -0.05) is 23.7 Å². The summed E-state index contributed by atoms with van der Waals surface area (Å²) in [4.78, 5) is 16.9. The molecule has 1 aliphatic rings. The van der Waals surface area contributed by atoms with E-state index in [1.165, 1.54) is 17.8 Å². The Morgan fingerprint density at radius 3 is 3.00 bits per heavy atom. The predicted molar refractivity (Wildman–Crippen MR) is 82.8 cm³/mol. The van der Waals surface area contributed by atoms with Crippen LogP contribution in [0.2, 0.25) is 5.02 Å². The molecular weight excluding hydrogens is 308 g/mol. The van der Waals surface area contributed by atoms with Crippen LogP contribution in [0.3, 0.4) is 0 Å². The zero-order valence-electron chi connectivity index (χ0n) is 11.3. The molecule has 0 aliphatic heterocycles. The maximum Gasteiger partial charge on any atom is 0.325 e. The SMILES string of the molecule is O=C(O)[C@H](NCc1cnc(C2CC2)s1)c1cccc(Cl)c1. The molecule has 1 aliphatic carbocycles. The van der Waals surface area contributed by atoms with Crippen LogP contribution in [-0.2, 0) is 11.3 Å². The number of hydrogen-bond donors (Lipinski definition) is 2. The van der Waals surface area contributed by atoms with Gasteiger partial charge in [0.2, 0.25) is 0 Å². The molecule has 1 aromatic heterocycles. The lowest BCUT2D eigenvalue weighted by atomic mass is 10.1. The number of rotatable bonds is 6. The zero-order chi connectivity index (χ0) is 14.8. The van der Waals surface area contributed by atoms with Crippen molar-refractivity contribution < 1.29 is 9.90 Å². The summed E-state index contributed by atoms with van der Waals surface area (Å²) in [7, 11) is 0. The number of carbonyl (C=O) groups is 1. The highest BCUT2D eigenvalue weighted by Gasteiger charge is 2.27. The van der Waals surface area contributed by atoms with E-state index in [0.29, 0.717) is 23.0 Å². The first kappa shape index (κ1) is 14.5. The van der Waals surface area contributed by atoms with Crippen LogP contribution < -0.4 is 5.32 Å². The van der Waals surface area contributed by atoms with Crippen LogP contribution in [0.25, 0.3) is 0 Å². The van der Waals surface area contributed by atoms with E-state index in [1.807, 2.05) is 6.20 Å². The van der Waals surface area contributed by atoms with Gasteiger partial charge in [-0.2, -0.15) is 0 Å². The standard InChI is InChI=1S/C15H15ClN2O2S/c16-11-3-1-2-10(6-11)13(15(19)20)17-7-12-8-18-14(21-12)9-4-5-9/h1-3,6,8-9,13,17H,4-5,7H2,(H,19,20)/t13-/m1/s1. The van der Waals surface area contributed by atoms with Crippen LogP contribution in [0.4, 0.5) is 0 Å². The van der Waals surface area contributed by atoms with Crippen molar-refractivity contribution in [1.29, 1.82) is 0 Å². The second-order valence-corrected chi connectivity index (χ2v) is 6.73. The lowest BCUT2D eigenvalue weighted by Gasteiger charge is -2.14. The van der Waals surface area contributed by atoms with E-state index in [-0.39, 0.29) is 0 Å². The Balaban J connectivity index is 1.68. The summed E-state index contributed by atoms with van der Waals surface area (Å²) in [6, 6.07) is 6.16. The number of nitrogens with one attached hydrogen (secondary N) is 1. The maximum atomic E-state index is 11.4. The van der Waals surface area contributed by atoms with Gasteiger partial charge in [-0.05, 0) is 30.5 Å². The van der Waals surface area contributed by atoms with Gasteiger partial charge in [-0.3, -0.25) is 10.1 Å². The third-order valence-electron chi connectivity index (χ3n) is 3.41. The van der Waals surface area contributed by atoms with Crippen molar-refractivity contribution in [2.45, 2.75) is 31.3 Å². The summed E-state index contributed by atoms with van der Waals surface area (Å²) in [5.41, 5.74) is 0.655. The second-order valence-electron chi connectivity index (χ2n) is 5.15. The minimum atomic E-state index is -0.913. The molecular formula is C15H15ClN2O2S. The van der Waals surface area contributed by atoms with Gasteiger partial charge < -0.3 is 5.11 Å². The van der Waals surface area contributed by atoms with E-state index < -0.39 is 12.0 Å². The molecule has 4 nitrogen and oxygen atoms in total. The Morgan fingerprint density at radius 1 is 1.52 bits per heavy atom. The monoisotopic (exact) mass is 322 g/mol. The third-order valence-corrected chi connectivity index (χ3v) is 4.80. The van der Waals surface area contributed by atoms with E-state index in [9.17, 15) is 9.90 Å². The molecule has 2 N–H and O–H groups in total. The fourth-order valence-corrected chi connectivity index (χ4v) is 3.40. The van der Waals surface area contributed by atoms with Gasteiger partial charge in [0.1, 0.15) is 6.04 Å². The third kappa shape index (κ3) is 3.61. The molecule has 0 unspecified atom stereocenters. The molecule has 0 amide bonds. The number of carboxylic acid groups (broad SMARTS) is 1. The summed E-state index contributed by atoms with van der Waals surface area (Å²) >= 11 is 7.59. The Hall–Kier alpha value is -1.43. The summed E-state index contributed by atoms with van der Waals surface area (Å²) < 4.78 is 0. The lowest BCUT2D eigenvalue weighted by molar-refractivity contribution is -0.139. The van der Waals surface area contributed by atoms with Crippen LogP contribution in [0, 0.1) is 0 Å². The second kappa shape index (κ2) is 6.13. The molecule has 110 valence electrons. The molecule has 1 saturated carbocycles. The largest absolute Gasteiger partial charge is 0.480 e. The van der Waals surface area contributed by atoms with Gasteiger partial charge in [0.25, 0.3) is 0 Å². The number of benzene rings is 1. The van der Waals surface area contributed by atoms with Crippen LogP contribution >= 0.6 is 22.9 Å². The molecule has 2 aromatic rings. The Morgan fingerprint density at radius 2 is 2.33 bits per heavy atom. The predicted octanol–water partition coefficient (Wildman–Crippen LogP) is 3.59. The van der Waals surface area contributed by atoms with E-state index in [4.69, 9.17) is 11.6 Å². The molecule has 1 fully saturated rings.